The van der Waals surface area contributed by atoms with Gasteiger partial charge in [-0.1, -0.05) is 18.2 Å². The molecule has 1 heterocycles. The summed E-state index contributed by atoms with van der Waals surface area (Å²) in [5.74, 6) is 0.703. The fourth-order valence-electron chi connectivity index (χ4n) is 2.20. The molecule has 23 heavy (non-hydrogen) atoms. The maximum absolute atomic E-state index is 12.1. The molecule has 0 fully saturated rings. The number of para-hydroxylation sites is 1. The summed E-state index contributed by atoms with van der Waals surface area (Å²) in [5, 5.41) is 5.04. The molecule has 0 aliphatic carbocycles. The first-order chi connectivity index (χ1) is 11.2. The van der Waals surface area contributed by atoms with Crippen LogP contribution in [0.3, 0.4) is 0 Å². The maximum Gasteiger partial charge on any atom is 0.345 e. The Morgan fingerprint density at radius 1 is 1.13 bits per heavy atom. The molecule has 1 aromatic heterocycles. The number of hydrogen-bond acceptors (Lipinski definition) is 5. The second kappa shape index (κ2) is 6.36. The van der Waals surface area contributed by atoms with E-state index in [9.17, 15) is 4.79 Å². The van der Waals surface area contributed by atoms with Crippen molar-refractivity contribution < 1.29 is 9.15 Å². The van der Waals surface area contributed by atoms with Crippen LogP contribution in [0.1, 0.15) is 12.5 Å². The van der Waals surface area contributed by atoms with Gasteiger partial charge in [0.15, 0.2) is 0 Å². The molecule has 0 aliphatic heterocycles. The molecular formula is C18H16N2O3. The van der Waals surface area contributed by atoms with Gasteiger partial charge in [0.05, 0.1) is 24.1 Å². The highest BCUT2D eigenvalue weighted by Crippen LogP contribution is 2.20. The van der Waals surface area contributed by atoms with E-state index in [1.807, 2.05) is 36.4 Å². The maximum atomic E-state index is 12.1. The number of rotatable bonds is 4. The van der Waals surface area contributed by atoms with Gasteiger partial charge in [-0.15, -0.1) is 0 Å². The van der Waals surface area contributed by atoms with E-state index in [0.29, 0.717) is 22.6 Å². The molecule has 0 amide bonds. The van der Waals surface area contributed by atoms with Crippen LogP contribution in [0.25, 0.3) is 11.0 Å². The lowest BCUT2D eigenvalue weighted by atomic mass is 10.1. The van der Waals surface area contributed by atoms with Gasteiger partial charge in [0.25, 0.3) is 0 Å². The number of fused-ring (bicyclic) bond motifs is 1. The third-order valence-electron chi connectivity index (χ3n) is 3.46. The lowest BCUT2D eigenvalue weighted by Crippen LogP contribution is -2.13. The van der Waals surface area contributed by atoms with Gasteiger partial charge in [-0.3, -0.25) is 5.43 Å². The van der Waals surface area contributed by atoms with Gasteiger partial charge < -0.3 is 9.15 Å². The minimum absolute atomic E-state index is 0.411. The molecule has 0 aliphatic rings. The number of hydrazone groups is 1. The van der Waals surface area contributed by atoms with Gasteiger partial charge in [0.2, 0.25) is 0 Å². The predicted octanol–water partition coefficient (Wildman–Crippen LogP) is 3.64. The number of nitrogens with one attached hydrogen (secondary N) is 1. The molecule has 5 nitrogen and oxygen atoms in total. The molecule has 1 N–H and O–H groups in total. The van der Waals surface area contributed by atoms with Crippen LogP contribution in [0.15, 0.2) is 68.9 Å². The molecule has 5 heteroatoms. The first-order valence-electron chi connectivity index (χ1n) is 7.15. The van der Waals surface area contributed by atoms with Crippen LogP contribution in [-0.4, -0.2) is 12.8 Å². The summed E-state index contributed by atoms with van der Waals surface area (Å²) in [7, 11) is 1.59. The van der Waals surface area contributed by atoms with E-state index in [0.717, 1.165) is 11.1 Å². The lowest BCUT2D eigenvalue weighted by molar-refractivity contribution is 0.415. The number of nitrogens with zero attached hydrogens (tertiary/aromatic N) is 1. The zero-order valence-corrected chi connectivity index (χ0v) is 12.9. The van der Waals surface area contributed by atoms with Crippen molar-refractivity contribution in [3.63, 3.8) is 0 Å². The molecule has 0 bridgehead atoms. The Bertz CT molecular complexity index is 914. The van der Waals surface area contributed by atoms with E-state index in [1.165, 1.54) is 0 Å². The zero-order chi connectivity index (χ0) is 16.2. The Kier molecular flexibility index (Phi) is 4.10. The van der Waals surface area contributed by atoms with E-state index in [4.69, 9.17) is 9.15 Å². The predicted molar refractivity (Wildman–Crippen MR) is 91.3 cm³/mol. The molecule has 2 aromatic carbocycles. The Morgan fingerprint density at radius 3 is 2.65 bits per heavy atom. The highest BCUT2D eigenvalue weighted by atomic mass is 16.5. The first kappa shape index (κ1) is 14.8. The molecule has 0 spiro atoms. The Balaban J connectivity index is 1.97. The quantitative estimate of drug-likeness (QED) is 0.454. The highest BCUT2D eigenvalue weighted by Gasteiger charge is 2.09. The van der Waals surface area contributed by atoms with E-state index in [1.54, 1.807) is 32.2 Å². The minimum atomic E-state index is -0.418. The molecule has 0 saturated carbocycles. The van der Waals surface area contributed by atoms with Crippen LogP contribution in [0.2, 0.25) is 0 Å². The normalized spacial score (nSPS) is 11.5. The number of hydrogen-bond donors (Lipinski definition) is 1. The smallest absolute Gasteiger partial charge is 0.345 e. The molecule has 0 atom stereocenters. The summed E-state index contributed by atoms with van der Waals surface area (Å²) < 4.78 is 10.5. The second-order valence-corrected chi connectivity index (χ2v) is 5.03. The van der Waals surface area contributed by atoms with Gasteiger partial charge in [-0.05, 0) is 43.3 Å². The number of ether oxygens (including phenoxy) is 1. The largest absolute Gasteiger partial charge is 0.497 e. The van der Waals surface area contributed by atoms with Gasteiger partial charge in [-0.2, -0.15) is 5.10 Å². The fourth-order valence-corrected chi connectivity index (χ4v) is 2.20. The topological polar surface area (TPSA) is 63.8 Å². The van der Waals surface area contributed by atoms with Crippen LogP contribution >= 0.6 is 0 Å². The SMILES string of the molecule is COc1ccc2oc(=O)c(C(C)=NNc3ccccc3)cc2c1. The summed E-state index contributed by atoms with van der Waals surface area (Å²) >= 11 is 0. The van der Waals surface area contributed by atoms with Crippen molar-refractivity contribution in [1.29, 1.82) is 0 Å². The molecule has 3 rings (SSSR count). The number of anilines is 1. The first-order valence-corrected chi connectivity index (χ1v) is 7.15. The average Bonchev–Trinajstić information content (AvgIpc) is 2.59. The van der Waals surface area contributed by atoms with Gasteiger partial charge in [-0.25, -0.2) is 4.79 Å². The Labute approximate surface area is 133 Å². The Hall–Kier alpha value is -3.08. The van der Waals surface area contributed by atoms with Crippen molar-refractivity contribution in [1.82, 2.24) is 0 Å². The molecule has 0 saturated heterocycles. The van der Waals surface area contributed by atoms with Crippen LogP contribution in [0.4, 0.5) is 5.69 Å². The molecule has 0 unspecified atom stereocenters. The van der Waals surface area contributed by atoms with Crippen molar-refractivity contribution in [3.8, 4) is 5.75 Å². The van der Waals surface area contributed by atoms with Crippen molar-refractivity contribution >= 4 is 22.4 Å². The summed E-state index contributed by atoms with van der Waals surface area (Å²) in [6.45, 7) is 1.76. The zero-order valence-electron chi connectivity index (χ0n) is 12.9. The number of benzene rings is 2. The minimum Gasteiger partial charge on any atom is -0.497 e. The highest BCUT2D eigenvalue weighted by molar-refractivity contribution is 6.00. The summed E-state index contributed by atoms with van der Waals surface area (Å²) in [4.78, 5) is 12.1. The third kappa shape index (κ3) is 3.23. The van der Waals surface area contributed by atoms with Gasteiger partial charge >= 0.3 is 5.63 Å². The van der Waals surface area contributed by atoms with Crippen LogP contribution in [0.5, 0.6) is 5.75 Å². The number of methoxy groups -OCH3 is 1. The van der Waals surface area contributed by atoms with E-state index in [-0.39, 0.29) is 0 Å². The summed E-state index contributed by atoms with van der Waals surface area (Å²) in [6, 6.07) is 16.6. The monoisotopic (exact) mass is 308 g/mol. The second-order valence-electron chi connectivity index (χ2n) is 5.03. The molecule has 0 radical (unpaired) electrons. The summed E-state index contributed by atoms with van der Waals surface area (Å²) in [6.07, 6.45) is 0. The van der Waals surface area contributed by atoms with Crippen LogP contribution < -0.4 is 15.8 Å². The average molecular weight is 308 g/mol. The van der Waals surface area contributed by atoms with Crippen molar-refractivity contribution in [2.75, 3.05) is 12.5 Å². The molecule has 116 valence electrons. The van der Waals surface area contributed by atoms with Gasteiger partial charge in [0, 0.05) is 5.39 Å². The standard InChI is InChI=1S/C18H16N2O3/c1-12(19-20-14-6-4-3-5-7-14)16-11-13-10-15(22-2)8-9-17(13)23-18(16)21/h3-11,20H,1-2H3. The summed E-state index contributed by atoms with van der Waals surface area (Å²) in [5.41, 5.74) is 4.83. The molecule has 3 aromatic rings. The van der Waals surface area contributed by atoms with Crippen molar-refractivity contribution in [2.45, 2.75) is 6.92 Å². The van der Waals surface area contributed by atoms with Gasteiger partial charge in [0.1, 0.15) is 11.3 Å². The van der Waals surface area contributed by atoms with E-state index >= 15 is 0 Å². The van der Waals surface area contributed by atoms with Crippen LogP contribution in [0, 0.1) is 0 Å². The third-order valence-corrected chi connectivity index (χ3v) is 3.46. The Morgan fingerprint density at radius 2 is 1.91 bits per heavy atom. The van der Waals surface area contributed by atoms with Crippen LogP contribution in [-0.2, 0) is 0 Å². The molecular weight excluding hydrogens is 292 g/mol. The fraction of sp³-hybridized carbons (Fsp3) is 0.111. The van der Waals surface area contributed by atoms with Crippen molar-refractivity contribution in [3.05, 3.63) is 70.6 Å². The lowest BCUT2D eigenvalue weighted by Gasteiger charge is -2.05. The van der Waals surface area contributed by atoms with E-state index < -0.39 is 5.63 Å². The van der Waals surface area contributed by atoms with Crippen molar-refractivity contribution in [2.24, 2.45) is 5.10 Å². The van der Waals surface area contributed by atoms with E-state index in [2.05, 4.69) is 10.5 Å².